The Morgan fingerprint density at radius 2 is 1.78 bits per heavy atom. The molecule has 0 aliphatic carbocycles. The van der Waals surface area contributed by atoms with E-state index < -0.39 is 10.0 Å². The van der Waals surface area contributed by atoms with Crippen molar-refractivity contribution in [2.75, 3.05) is 20.2 Å². The first-order chi connectivity index (χ1) is 8.48. The molecule has 0 aliphatic heterocycles. The first kappa shape index (κ1) is 15.9. The molecule has 0 spiro atoms. The zero-order valence-corrected chi connectivity index (χ0v) is 13.3. The van der Waals surface area contributed by atoms with Crippen LogP contribution >= 0.6 is 22.6 Å². The largest absolute Gasteiger partial charge is 0.396 e. The van der Waals surface area contributed by atoms with Crippen molar-refractivity contribution in [1.29, 1.82) is 0 Å². The van der Waals surface area contributed by atoms with Crippen LogP contribution in [0.1, 0.15) is 19.3 Å². The van der Waals surface area contributed by atoms with E-state index in [2.05, 4.69) is 22.6 Å². The van der Waals surface area contributed by atoms with Crippen molar-refractivity contribution in [3.8, 4) is 0 Å². The van der Waals surface area contributed by atoms with Gasteiger partial charge in [0.25, 0.3) is 0 Å². The van der Waals surface area contributed by atoms with Gasteiger partial charge in [-0.1, -0.05) is 0 Å². The predicted octanol–water partition coefficient (Wildman–Crippen LogP) is 2.07. The van der Waals surface area contributed by atoms with Gasteiger partial charge in [0.05, 0.1) is 4.90 Å². The number of nitrogens with zero attached hydrogens (tertiary/aromatic N) is 1. The van der Waals surface area contributed by atoms with Gasteiger partial charge < -0.3 is 5.11 Å². The summed E-state index contributed by atoms with van der Waals surface area (Å²) in [5.74, 6) is 0. The van der Waals surface area contributed by atoms with E-state index in [4.69, 9.17) is 5.11 Å². The Kier molecular flexibility index (Phi) is 6.54. The Morgan fingerprint density at radius 1 is 1.17 bits per heavy atom. The quantitative estimate of drug-likeness (QED) is 0.580. The maximum atomic E-state index is 12.2. The van der Waals surface area contributed by atoms with Gasteiger partial charge in [-0.3, -0.25) is 0 Å². The van der Waals surface area contributed by atoms with Crippen LogP contribution in [0.2, 0.25) is 0 Å². The maximum Gasteiger partial charge on any atom is 0.242 e. The molecule has 0 aliphatic rings. The zero-order valence-electron chi connectivity index (χ0n) is 10.3. The summed E-state index contributed by atoms with van der Waals surface area (Å²) in [5.41, 5.74) is 0. The van der Waals surface area contributed by atoms with Crippen LogP contribution in [-0.4, -0.2) is 38.0 Å². The second kappa shape index (κ2) is 7.42. The Labute approximate surface area is 122 Å². The summed E-state index contributed by atoms with van der Waals surface area (Å²) in [5, 5.41) is 8.66. The van der Waals surface area contributed by atoms with Crippen molar-refractivity contribution in [2.45, 2.75) is 24.2 Å². The summed E-state index contributed by atoms with van der Waals surface area (Å²) in [7, 11) is -1.79. The molecule has 1 rings (SSSR count). The van der Waals surface area contributed by atoms with Gasteiger partial charge in [-0.2, -0.15) is 0 Å². The second-order valence-electron chi connectivity index (χ2n) is 4.06. The van der Waals surface area contributed by atoms with Gasteiger partial charge in [-0.15, -0.1) is 0 Å². The molecule has 0 bridgehead atoms. The third-order valence-electron chi connectivity index (χ3n) is 2.65. The summed E-state index contributed by atoms with van der Waals surface area (Å²) < 4.78 is 26.7. The van der Waals surface area contributed by atoms with Crippen LogP contribution in [0.4, 0.5) is 0 Å². The molecule has 1 N–H and O–H groups in total. The average Bonchev–Trinajstić information content (AvgIpc) is 2.35. The van der Waals surface area contributed by atoms with Crippen LogP contribution in [0.5, 0.6) is 0 Å². The van der Waals surface area contributed by atoms with E-state index in [1.165, 1.54) is 4.31 Å². The smallest absolute Gasteiger partial charge is 0.242 e. The first-order valence-corrected chi connectivity index (χ1v) is 8.33. The van der Waals surface area contributed by atoms with Gasteiger partial charge in [0.15, 0.2) is 0 Å². The normalized spacial score (nSPS) is 12.0. The lowest BCUT2D eigenvalue weighted by molar-refractivity contribution is 0.281. The molecule has 1 aromatic carbocycles. The number of halogens is 1. The zero-order chi connectivity index (χ0) is 13.6. The molecule has 1 aromatic rings. The lowest BCUT2D eigenvalue weighted by Crippen LogP contribution is -2.28. The minimum Gasteiger partial charge on any atom is -0.396 e. The van der Waals surface area contributed by atoms with Gasteiger partial charge in [0, 0.05) is 23.8 Å². The highest BCUT2D eigenvalue weighted by Crippen LogP contribution is 2.16. The number of rotatable bonds is 7. The molecule has 0 atom stereocenters. The van der Waals surface area contributed by atoms with Crippen molar-refractivity contribution >= 4 is 32.6 Å². The average molecular weight is 383 g/mol. The number of hydrogen-bond acceptors (Lipinski definition) is 3. The monoisotopic (exact) mass is 383 g/mol. The fourth-order valence-corrected chi connectivity index (χ4v) is 3.10. The molecule has 0 radical (unpaired) electrons. The minimum atomic E-state index is -3.38. The van der Waals surface area contributed by atoms with E-state index in [0.29, 0.717) is 11.4 Å². The number of unbranched alkanes of at least 4 members (excludes halogenated alkanes) is 2. The van der Waals surface area contributed by atoms with Crippen LogP contribution < -0.4 is 0 Å². The SMILES string of the molecule is CN(CCCCCO)S(=O)(=O)c1ccc(I)cc1. The van der Waals surface area contributed by atoms with E-state index in [0.717, 1.165) is 22.8 Å². The molecular formula is C12H18INO3S. The molecule has 0 heterocycles. The number of hydrogen-bond donors (Lipinski definition) is 1. The molecular weight excluding hydrogens is 365 g/mol. The molecule has 0 aromatic heterocycles. The van der Waals surface area contributed by atoms with Crippen LogP contribution in [0, 0.1) is 3.57 Å². The Bertz CT molecular complexity index is 459. The highest BCUT2D eigenvalue weighted by Gasteiger charge is 2.19. The number of aliphatic hydroxyl groups is 1. The first-order valence-electron chi connectivity index (χ1n) is 5.81. The third kappa shape index (κ3) is 4.49. The number of aliphatic hydroxyl groups excluding tert-OH is 1. The van der Waals surface area contributed by atoms with E-state index in [1.807, 2.05) is 0 Å². The standard InChI is InChI=1S/C12H18INO3S/c1-14(9-3-2-4-10-15)18(16,17)12-7-5-11(13)6-8-12/h5-8,15H,2-4,9-10H2,1H3. The van der Waals surface area contributed by atoms with E-state index >= 15 is 0 Å². The van der Waals surface area contributed by atoms with Gasteiger partial charge in [0.2, 0.25) is 10.0 Å². The lowest BCUT2D eigenvalue weighted by atomic mass is 10.2. The van der Waals surface area contributed by atoms with Crippen molar-refractivity contribution < 1.29 is 13.5 Å². The highest BCUT2D eigenvalue weighted by atomic mass is 127. The van der Waals surface area contributed by atoms with Gasteiger partial charge in [-0.25, -0.2) is 12.7 Å². The number of sulfonamides is 1. The summed E-state index contributed by atoms with van der Waals surface area (Å²) >= 11 is 2.14. The molecule has 0 amide bonds. The van der Waals surface area contributed by atoms with Crippen LogP contribution in [0.15, 0.2) is 29.2 Å². The second-order valence-corrected chi connectivity index (χ2v) is 7.36. The molecule has 4 nitrogen and oxygen atoms in total. The molecule has 18 heavy (non-hydrogen) atoms. The van der Waals surface area contributed by atoms with Gasteiger partial charge >= 0.3 is 0 Å². The summed E-state index contributed by atoms with van der Waals surface area (Å²) in [4.78, 5) is 0.326. The Morgan fingerprint density at radius 3 is 2.33 bits per heavy atom. The van der Waals surface area contributed by atoms with Crippen molar-refractivity contribution in [3.05, 3.63) is 27.8 Å². The summed E-state index contributed by atoms with van der Waals surface area (Å²) in [6, 6.07) is 6.82. The predicted molar refractivity (Wildman–Crippen MR) is 79.9 cm³/mol. The van der Waals surface area contributed by atoms with Crippen LogP contribution in [-0.2, 0) is 10.0 Å². The number of benzene rings is 1. The fraction of sp³-hybridized carbons (Fsp3) is 0.500. The summed E-state index contributed by atoms with van der Waals surface area (Å²) in [6.45, 7) is 0.641. The molecule has 0 unspecified atom stereocenters. The lowest BCUT2D eigenvalue weighted by Gasteiger charge is -2.17. The van der Waals surface area contributed by atoms with Crippen molar-refractivity contribution in [2.24, 2.45) is 0 Å². The highest BCUT2D eigenvalue weighted by molar-refractivity contribution is 14.1. The van der Waals surface area contributed by atoms with Crippen molar-refractivity contribution in [1.82, 2.24) is 4.31 Å². The van der Waals surface area contributed by atoms with Crippen molar-refractivity contribution in [3.63, 3.8) is 0 Å². The van der Waals surface area contributed by atoms with Gasteiger partial charge in [0.1, 0.15) is 0 Å². The van der Waals surface area contributed by atoms with E-state index in [-0.39, 0.29) is 6.61 Å². The molecule has 102 valence electrons. The molecule has 0 saturated carbocycles. The minimum absolute atomic E-state index is 0.160. The van der Waals surface area contributed by atoms with Crippen LogP contribution in [0.3, 0.4) is 0 Å². The molecule has 6 heteroatoms. The fourth-order valence-electron chi connectivity index (χ4n) is 1.53. The third-order valence-corrected chi connectivity index (χ3v) is 5.24. The van der Waals surface area contributed by atoms with Crippen LogP contribution in [0.25, 0.3) is 0 Å². The Hall–Kier alpha value is -0.180. The molecule has 0 saturated heterocycles. The Balaban J connectivity index is 2.65. The topological polar surface area (TPSA) is 57.6 Å². The van der Waals surface area contributed by atoms with E-state index in [9.17, 15) is 8.42 Å². The molecule has 0 fully saturated rings. The van der Waals surface area contributed by atoms with Gasteiger partial charge in [-0.05, 0) is 66.1 Å². The summed E-state index contributed by atoms with van der Waals surface area (Å²) in [6.07, 6.45) is 2.32. The van der Waals surface area contributed by atoms with E-state index in [1.54, 1.807) is 31.3 Å². The maximum absolute atomic E-state index is 12.2.